The largest absolute Gasteiger partial charge is 0.370 e. The second kappa shape index (κ2) is 6.41. The van der Waals surface area contributed by atoms with E-state index in [-0.39, 0.29) is 0 Å². The Kier molecular flexibility index (Phi) is 4.87. The highest BCUT2D eigenvalue weighted by molar-refractivity contribution is 5.78. The van der Waals surface area contributed by atoms with Crippen molar-refractivity contribution in [3.05, 3.63) is 0 Å². The normalized spacial score (nSPS) is 26.6. The fourth-order valence-corrected chi connectivity index (χ4v) is 2.69. The highest BCUT2D eigenvalue weighted by Gasteiger charge is 2.22. The topological polar surface area (TPSA) is 53.6 Å². The number of guanidine groups is 1. The SMILES string of the molecule is CC(C)CN1CCCC(CN=C(N)NC2CC2)C1. The van der Waals surface area contributed by atoms with E-state index in [9.17, 15) is 0 Å². The summed E-state index contributed by atoms with van der Waals surface area (Å²) in [6.45, 7) is 9.14. The van der Waals surface area contributed by atoms with Crippen LogP contribution < -0.4 is 11.1 Å². The molecule has 0 amide bonds. The van der Waals surface area contributed by atoms with Crippen LogP contribution in [-0.4, -0.2) is 43.1 Å². The molecule has 0 aromatic heterocycles. The average Bonchev–Trinajstić information content (AvgIpc) is 3.10. The van der Waals surface area contributed by atoms with Crippen molar-refractivity contribution in [2.75, 3.05) is 26.2 Å². The summed E-state index contributed by atoms with van der Waals surface area (Å²) in [5.74, 6) is 2.10. The van der Waals surface area contributed by atoms with Crippen LogP contribution in [0.4, 0.5) is 0 Å². The van der Waals surface area contributed by atoms with Gasteiger partial charge in [-0.15, -0.1) is 0 Å². The number of nitrogens with two attached hydrogens (primary N) is 1. The van der Waals surface area contributed by atoms with E-state index in [1.165, 1.54) is 45.3 Å². The van der Waals surface area contributed by atoms with E-state index in [1.54, 1.807) is 0 Å². The van der Waals surface area contributed by atoms with Gasteiger partial charge < -0.3 is 16.0 Å². The molecule has 1 saturated heterocycles. The summed E-state index contributed by atoms with van der Waals surface area (Å²) in [4.78, 5) is 7.08. The highest BCUT2D eigenvalue weighted by atomic mass is 15.1. The minimum absolute atomic E-state index is 0.609. The van der Waals surface area contributed by atoms with Crippen molar-refractivity contribution in [3.8, 4) is 0 Å². The van der Waals surface area contributed by atoms with Crippen LogP contribution in [0.25, 0.3) is 0 Å². The first kappa shape index (κ1) is 13.7. The van der Waals surface area contributed by atoms with Gasteiger partial charge in [0, 0.05) is 25.7 Å². The quantitative estimate of drug-likeness (QED) is 0.575. The molecule has 1 aliphatic heterocycles. The first-order valence-corrected chi connectivity index (χ1v) is 7.42. The van der Waals surface area contributed by atoms with Crippen molar-refractivity contribution in [1.29, 1.82) is 0 Å². The Bertz CT molecular complexity index is 284. The monoisotopic (exact) mass is 252 g/mol. The summed E-state index contributed by atoms with van der Waals surface area (Å²) >= 11 is 0. The van der Waals surface area contributed by atoms with Crippen LogP contribution in [0, 0.1) is 11.8 Å². The minimum Gasteiger partial charge on any atom is -0.370 e. The van der Waals surface area contributed by atoms with Crippen LogP contribution in [0.1, 0.15) is 39.5 Å². The van der Waals surface area contributed by atoms with Gasteiger partial charge in [-0.05, 0) is 44.1 Å². The van der Waals surface area contributed by atoms with Crippen molar-refractivity contribution in [3.63, 3.8) is 0 Å². The van der Waals surface area contributed by atoms with Gasteiger partial charge in [-0.25, -0.2) is 0 Å². The average molecular weight is 252 g/mol. The van der Waals surface area contributed by atoms with Gasteiger partial charge in [-0.2, -0.15) is 0 Å². The van der Waals surface area contributed by atoms with Gasteiger partial charge in [0.25, 0.3) is 0 Å². The Morgan fingerprint density at radius 1 is 1.39 bits per heavy atom. The van der Waals surface area contributed by atoms with E-state index in [2.05, 4.69) is 29.1 Å². The second-order valence-electron chi connectivity index (χ2n) is 6.31. The van der Waals surface area contributed by atoms with Crippen molar-refractivity contribution < 1.29 is 0 Å². The molecule has 2 rings (SSSR count). The zero-order chi connectivity index (χ0) is 13.0. The summed E-state index contributed by atoms with van der Waals surface area (Å²) < 4.78 is 0. The molecule has 104 valence electrons. The maximum Gasteiger partial charge on any atom is 0.188 e. The molecule has 18 heavy (non-hydrogen) atoms. The molecule has 0 spiro atoms. The summed E-state index contributed by atoms with van der Waals surface area (Å²) in [5.41, 5.74) is 5.87. The molecule has 0 aromatic rings. The van der Waals surface area contributed by atoms with E-state index in [1.807, 2.05) is 0 Å². The van der Waals surface area contributed by atoms with Crippen LogP contribution in [0.5, 0.6) is 0 Å². The Morgan fingerprint density at radius 3 is 2.83 bits per heavy atom. The van der Waals surface area contributed by atoms with Crippen LogP contribution in [-0.2, 0) is 0 Å². The lowest BCUT2D eigenvalue weighted by Crippen LogP contribution is -2.39. The van der Waals surface area contributed by atoms with E-state index in [0.29, 0.717) is 17.9 Å². The smallest absolute Gasteiger partial charge is 0.188 e. The molecule has 1 aliphatic carbocycles. The maximum atomic E-state index is 5.87. The molecule has 0 radical (unpaired) electrons. The molecule has 1 heterocycles. The molecule has 1 unspecified atom stereocenters. The standard InChI is InChI=1S/C14H28N4/c1-11(2)9-18-7-3-4-12(10-18)8-16-14(15)17-13-5-6-13/h11-13H,3-10H2,1-2H3,(H3,15,16,17). The van der Waals surface area contributed by atoms with Crippen LogP contribution in [0.15, 0.2) is 4.99 Å². The Balaban J connectivity index is 1.71. The van der Waals surface area contributed by atoms with E-state index in [4.69, 9.17) is 5.73 Å². The van der Waals surface area contributed by atoms with Gasteiger partial charge >= 0.3 is 0 Å². The van der Waals surface area contributed by atoms with E-state index >= 15 is 0 Å². The number of aliphatic imine (C=N–C) groups is 1. The van der Waals surface area contributed by atoms with Crippen LogP contribution in [0.3, 0.4) is 0 Å². The van der Waals surface area contributed by atoms with Crippen molar-refractivity contribution in [2.24, 2.45) is 22.6 Å². The number of piperidine rings is 1. The van der Waals surface area contributed by atoms with Crippen molar-refractivity contribution in [2.45, 2.75) is 45.6 Å². The minimum atomic E-state index is 0.609. The van der Waals surface area contributed by atoms with Crippen molar-refractivity contribution >= 4 is 5.96 Å². The second-order valence-corrected chi connectivity index (χ2v) is 6.31. The van der Waals surface area contributed by atoms with Crippen molar-refractivity contribution in [1.82, 2.24) is 10.2 Å². The first-order chi connectivity index (χ1) is 8.63. The van der Waals surface area contributed by atoms with Crippen LogP contribution >= 0.6 is 0 Å². The molecular formula is C14H28N4. The number of rotatable bonds is 5. The van der Waals surface area contributed by atoms with Crippen LogP contribution in [0.2, 0.25) is 0 Å². The van der Waals surface area contributed by atoms with E-state index in [0.717, 1.165) is 12.5 Å². The highest BCUT2D eigenvalue weighted by Crippen LogP contribution is 2.19. The van der Waals surface area contributed by atoms with Gasteiger partial charge in [0.15, 0.2) is 5.96 Å². The third-order valence-corrected chi connectivity index (χ3v) is 3.68. The number of likely N-dealkylation sites (tertiary alicyclic amines) is 1. The third-order valence-electron chi connectivity index (χ3n) is 3.68. The predicted octanol–water partition coefficient (Wildman–Crippen LogP) is 1.42. The zero-order valence-electron chi connectivity index (χ0n) is 11.9. The fraction of sp³-hybridized carbons (Fsp3) is 0.929. The van der Waals surface area contributed by atoms with E-state index < -0.39 is 0 Å². The van der Waals surface area contributed by atoms with Gasteiger partial charge in [-0.1, -0.05) is 13.8 Å². The molecular weight excluding hydrogens is 224 g/mol. The summed E-state index contributed by atoms with van der Waals surface area (Å²) in [6, 6.07) is 0.609. The molecule has 4 heteroatoms. The Labute approximate surface area is 111 Å². The lowest BCUT2D eigenvalue weighted by Gasteiger charge is -2.33. The summed E-state index contributed by atoms with van der Waals surface area (Å²) in [6.07, 6.45) is 5.11. The van der Waals surface area contributed by atoms with Gasteiger partial charge in [0.1, 0.15) is 0 Å². The number of hydrogen-bond donors (Lipinski definition) is 2. The fourth-order valence-electron chi connectivity index (χ4n) is 2.69. The molecule has 2 fully saturated rings. The molecule has 0 bridgehead atoms. The zero-order valence-corrected chi connectivity index (χ0v) is 11.9. The Hall–Kier alpha value is -0.770. The van der Waals surface area contributed by atoms with Gasteiger partial charge in [0.05, 0.1) is 0 Å². The molecule has 3 N–H and O–H groups in total. The maximum absolute atomic E-state index is 5.87. The number of hydrogen-bond acceptors (Lipinski definition) is 2. The summed E-state index contributed by atoms with van der Waals surface area (Å²) in [5, 5.41) is 3.25. The molecule has 1 saturated carbocycles. The van der Waals surface area contributed by atoms with Gasteiger partial charge in [0.2, 0.25) is 0 Å². The molecule has 0 aromatic carbocycles. The number of nitrogens with zero attached hydrogens (tertiary/aromatic N) is 2. The molecule has 1 atom stereocenters. The first-order valence-electron chi connectivity index (χ1n) is 7.42. The lowest BCUT2D eigenvalue weighted by molar-refractivity contribution is 0.162. The molecule has 4 nitrogen and oxygen atoms in total. The predicted molar refractivity (Wildman–Crippen MR) is 76.6 cm³/mol. The lowest BCUT2D eigenvalue weighted by atomic mass is 9.97. The van der Waals surface area contributed by atoms with Gasteiger partial charge in [-0.3, -0.25) is 4.99 Å². The third kappa shape index (κ3) is 4.84. The summed E-state index contributed by atoms with van der Waals surface area (Å²) in [7, 11) is 0. The Morgan fingerprint density at radius 2 is 2.17 bits per heavy atom. The molecule has 2 aliphatic rings. The number of nitrogens with one attached hydrogen (secondary N) is 1.